The molecule has 0 unspecified atom stereocenters. The summed E-state index contributed by atoms with van der Waals surface area (Å²) in [4.78, 5) is 24.1. The van der Waals surface area contributed by atoms with Gasteiger partial charge in [0.1, 0.15) is 17.1 Å². The third kappa shape index (κ3) is 5.12. The second-order valence-corrected chi connectivity index (χ2v) is 5.46. The van der Waals surface area contributed by atoms with Crippen LogP contribution in [0.3, 0.4) is 0 Å². The number of methoxy groups -OCH3 is 2. The maximum absolute atomic E-state index is 12.2. The summed E-state index contributed by atoms with van der Waals surface area (Å²) >= 11 is 5.88. The number of amides is 1. The highest BCUT2D eigenvalue weighted by Crippen LogP contribution is 2.28. The van der Waals surface area contributed by atoms with Gasteiger partial charge in [0.05, 0.1) is 14.2 Å². The zero-order valence-electron chi connectivity index (χ0n) is 13.9. The number of hydrogen-bond donors (Lipinski definition) is 1. The van der Waals surface area contributed by atoms with Crippen molar-refractivity contribution in [1.82, 2.24) is 5.32 Å². The number of hydrogen-bond acceptors (Lipinski definition) is 5. The molecule has 1 N–H and O–H groups in total. The van der Waals surface area contributed by atoms with Crippen LogP contribution in [-0.4, -0.2) is 32.7 Å². The molecule has 0 aliphatic carbocycles. The number of esters is 1. The minimum Gasteiger partial charge on any atom is -0.496 e. The summed E-state index contributed by atoms with van der Waals surface area (Å²) in [6.07, 6.45) is 0. The van der Waals surface area contributed by atoms with Gasteiger partial charge in [-0.2, -0.15) is 0 Å². The summed E-state index contributed by atoms with van der Waals surface area (Å²) in [6.45, 7) is -0.129. The van der Waals surface area contributed by atoms with Crippen molar-refractivity contribution in [3.8, 4) is 11.5 Å². The Balaban J connectivity index is 1.92. The molecule has 0 spiro atoms. The average Bonchev–Trinajstić information content (AvgIpc) is 2.63. The topological polar surface area (TPSA) is 73.9 Å². The Morgan fingerprint density at radius 3 is 2.28 bits per heavy atom. The van der Waals surface area contributed by atoms with Gasteiger partial charge in [-0.15, -0.1) is 0 Å². The molecule has 1 amide bonds. The van der Waals surface area contributed by atoms with Crippen molar-refractivity contribution in [2.24, 2.45) is 0 Å². The molecule has 0 heterocycles. The number of halogens is 1. The van der Waals surface area contributed by atoms with Crippen LogP contribution in [0.1, 0.15) is 15.9 Å². The molecule has 2 aromatic carbocycles. The summed E-state index contributed by atoms with van der Waals surface area (Å²) in [5, 5.41) is 3.24. The zero-order chi connectivity index (χ0) is 18.2. The highest BCUT2D eigenvalue weighted by molar-refractivity contribution is 6.30. The molecule has 0 bridgehead atoms. The highest BCUT2D eigenvalue weighted by Gasteiger charge is 2.20. The number of ether oxygens (including phenoxy) is 3. The van der Waals surface area contributed by atoms with Gasteiger partial charge in [-0.05, 0) is 29.8 Å². The fourth-order valence-electron chi connectivity index (χ4n) is 2.15. The molecule has 2 aromatic rings. The summed E-state index contributed by atoms with van der Waals surface area (Å²) in [6, 6.07) is 12.0. The fraction of sp³-hybridized carbons (Fsp3) is 0.222. The standard InChI is InChI=1S/C18H18ClNO5/c1-23-14-7-4-8-15(24-2)17(14)18(22)25-11-16(21)20-10-12-5-3-6-13(19)9-12/h3-9H,10-11H2,1-2H3,(H,20,21). The first kappa shape index (κ1) is 18.6. The molecule has 0 aliphatic heterocycles. The first-order valence-electron chi connectivity index (χ1n) is 7.44. The molecule has 132 valence electrons. The molecule has 0 saturated heterocycles. The van der Waals surface area contributed by atoms with E-state index in [1.54, 1.807) is 36.4 Å². The summed E-state index contributed by atoms with van der Waals surface area (Å²) in [5.74, 6) is -0.512. The van der Waals surface area contributed by atoms with E-state index in [0.717, 1.165) is 5.56 Å². The number of nitrogens with one attached hydrogen (secondary N) is 1. The highest BCUT2D eigenvalue weighted by atomic mass is 35.5. The number of carbonyl (C=O) groups excluding carboxylic acids is 2. The molecular formula is C18H18ClNO5. The van der Waals surface area contributed by atoms with Gasteiger partial charge in [-0.25, -0.2) is 4.79 Å². The second kappa shape index (κ2) is 8.94. The van der Waals surface area contributed by atoms with Crippen LogP contribution in [0.15, 0.2) is 42.5 Å². The minimum atomic E-state index is -0.702. The molecule has 7 heteroatoms. The van der Waals surface area contributed by atoms with Gasteiger partial charge in [-0.3, -0.25) is 4.79 Å². The van der Waals surface area contributed by atoms with E-state index in [0.29, 0.717) is 16.5 Å². The predicted octanol–water partition coefficient (Wildman–Crippen LogP) is 2.83. The van der Waals surface area contributed by atoms with Gasteiger partial charge in [-0.1, -0.05) is 29.8 Å². The van der Waals surface area contributed by atoms with Gasteiger partial charge in [0.15, 0.2) is 6.61 Å². The van der Waals surface area contributed by atoms with E-state index in [1.807, 2.05) is 6.07 Å². The zero-order valence-corrected chi connectivity index (χ0v) is 14.6. The fourth-order valence-corrected chi connectivity index (χ4v) is 2.37. The normalized spacial score (nSPS) is 10.0. The smallest absolute Gasteiger partial charge is 0.346 e. The third-order valence-corrected chi connectivity index (χ3v) is 3.58. The van der Waals surface area contributed by atoms with E-state index in [2.05, 4.69) is 5.32 Å². The quantitative estimate of drug-likeness (QED) is 0.766. The first-order valence-corrected chi connectivity index (χ1v) is 7.82. The molecule has 0 fully saturated rings. The number of carbonyl (C=O) groups is 2. The van der Waals surface area contributed by atoms with Crippen molar-refractivity contribution in [2.75, 3.05) is 20.8 Å². The van der Waals surface area contributed by atoms with E-state index < -0.39 is 18.5 Å². The average molecular weight is 364 g/mol. The first-order chi connectivity index (χ1) is 12.0. The van der Waals surface area contributed by atoms with Crippen LogP contribution in [0.2, 0.25) is 5.02 Å². The van der Waals surface area contributed by atoms with Crippen molar-refractivity contribution >= 4 is 23.5 Å². The van der Waals surface area contributed by atoms with E-state index in [9.17, 15) is 9.59 Å². The maximum Gasteiger partial charge on any atom is 0.346 e. The minimum absolute atomic E-state index is 0.134. The summed E-state index contributed by atoms with van der Waals surface area (Å²) in [5.41, 5.74) is 0.980. The van der Waals surface area contributed by atoms with E-state index in [-0.39, 0.29) is 12.1 Å². The molecule has 6 nitrogen and oxygen atoms in total. The van der Waals surface area contributed by atoms with Crippen LogP contribution in [0.5, 0.6) is 11.5 Å². The van der Waals surface area contributed by atoms with E-state index >= 15 is 0 Å². The summed E-state index contributed by atoms with van der Waals surface area (Å²) < 4.78 is 15.3. The molecule has 2 rings (SSSR count). The Kier molecular flexibility index (Phi) is 6.65. The predicted molar refractivity (Wildman–Crippen MR) is 93.1 cm³/mol. The largest absolute Gasteiger partial charge is 0.496 e. The third-order valence-electron chi connectivity index (χ3n) is 3.35. The van der Waals surface area contributed by atoms with Crippen LogP contribution in [0.25, 0.3) is 0 Å². The van der Waals surface area contributed by atoms with E-state index in [4.69, 9.17) is 25.8 Å². The van der Waals surface area contributed by atoms with Crippen molar-refractivity contribution in [3.05, 3.63) is 58.6 Å². The Morgan fingerprint density at radius 2 is 1.68 bits per heavy atom. The van der Waals surface area contributed by atoms with Crippen molar-refractivity contribution in [2.45, 2.75) is 6.54 Å². The van der Waals surface area contributed by atoms with Crippen LogP contribution in [0, 0.1) is 0 Å². The lowest BCUT2D eigenvalue weighted by atomic mass is 10.2. The van der Waals surface area contributed by atoms with Crippen molar-refractivity contribution < 1.29 is 23.8 Å². The second-order valence-electron chi connectivity index (χ2n) is 5.02. The Hall–Kier alpha value is -2.73. The van der Waals surface area contributed by atoms with Crippen molar-refractivity contribution in [3.63, 3.8) is 0 Å². The van der Waals surface area contributed by atoms with Gasteiger partial charge in [0, 0.05) is 11.6 Å². The van der Waals surface area contributed by atoms with Crippen LogP contribution in [-0.2, 0) is 16.1 Å². The Bertz CT molecular complexity index is 741. The van der Waals surface area contributed by atoms with Gasteiger partial charge < -0.3 is 19.5 Å². The van der Waals surface area contributed by atoms with Gasteiger partial charge in [0.2, 0.25) is 0 Å². The monoisotopic (exact) mass is 363 g/mol. The number of benzene rings is 2. The summed E-state index contributed by atoms with van der Waals surface area (Å²) in [7, 11) is 2.87. The van der Waals surface area contributed by atoms with Crippen LogP contribution >= 0.6 is 11.6 Å². The molecule has 0 aliphatic rings. The lowest BCUT2D eigenvalue weighted by Gasteiger charge is -2.12. The van der Waals surface area contributed by atoms with Gasteiger partial charge in [0.25, 0.3) is 5.91 Å². The molecule has 0 atom stereocenters. The molecule has 25 heavy (non-hydrogen) atoms. The number of rotatable bonds is 7. The molecular weight excluding hydrogens is 346 g/mol. The van der Waals surface area contributed by atoms with Crippen LogP contribution in [0.4, 0.5) is 0 Å². The Labute approximate surface area is 150 Å². The van der Waals surface area contributed by atoms with Crippen molar-refractivity contribution in [1.29, 1.82) is 0 Å². The lowest BCUT2D eigenvalue weighted by Crippen LogP contribution is -2.28. The molecule has 0 aromatic heterocycles. The molecule has 0 radical (unpaired) electrons. The molecule has 0 saturated carbocycles. The lowest BCUT2D eigenvalue weighted by molar-refractivity contribution is -0.124. The van der Waals surface area contributed by atoms with Gasteiger partial charge >= 0.3 is 5.97 Å². The van der Waals surface area contributed by atoms with Crippen LogP contribution < -0.4 is 14.8 Å². The SMILES string of the molecule is COc1cccc(OC)c1C(=O)OCC(=O)NCc1cccc(Cl)c1. The van der Waals surface area contributed by atoms with E-state index in [1.165, 1.54) is 14.2 Å². The Morgan fingerprint density at radius 1 is 1.04 bits per heavy atom. The maximum atomic E-state index is 12.2.